The van der Waals surface area contributed by atoms with Crippen molar-refractivity contribution in [1.29, 1.82) is 15.8 Å². The molecule has 0 saturated carbocycles. The van der Waals surface area contributed by atoms with E-state index in [-0.39, 0.29) is 27.1 Å². The Kier molecular flexibility index (Phi) is 13.7. The Bertz CT molecular complexity index is 3090. The van der Waals surface area contributed by atoms with Crippen LogP contribution in [-0.4, -0.2) is 0 Å². The standard InChI is InChI=1S/C63H69N5/c1-59(2,3)52-24-39-16-44(31-52)50(37-65)22-40-19-47(34-55(25-40)62(10,11)12)58(68)30-43-18-46(33-54(28-43)61(7,8)9)51(38-66)23-41-20-48(35-56(26-41)63(13,14)15)57(67)29-42-17-45(49(21-39)36-64)32-53(27-42)60(4,5)6/h16-35H,67-68H2,1-15H3. The molecule has 1 aliphatic carbocycles. The first-order valence-corrected chi connectivity index (χ1v) is 23.5. The quantitative estimate of drug-likeness (QED) is 0.160. The molecule has 0 amide bonds. The lowest BCUT2D eigenvalue weighted by Crippen LogP contribution is -2.13. The lowest BCUT2D eigenvalue weighted by Gasteiger charge is -2.22. The van der Waals surface area contributed by atoms with Crippen LogP contribution in [0.15, 0.2) is 91.0 Å². The van der Waals surface area contributed by atoms with Gasteiger partial charge in [0.05, 0.1) is 34.9 Å². The number of nitriles is 3. The second-order valence-electron chi connectivity index (χ2n) is 23.7. The average Bonchev–Trinajstić information content (AvgIpc) is 3.24. The molecule has 0 radical (unpaired) electrons. The van der Waals surface area contributed by atoms with Gasteiger partial charge < -0.3 is 11.5 Å². The van der Waals surface area contributed by atoms with Gasteiger partial charge in [0, 0.05) is 11.4 Å². The third kappa shape index (κ3) is 11.9. The molecule has 0 heterocycles. The highest BCUT2D eigenvalue weighted by atomic mass is 14.6. The van der Waals surface area contributed by atoms with Crippen molar-refractivity contribution in [3.05, 3.63) is 174 Å². The number of hydrogen-bond acceptors (Lipinski definition) is 5. The van der Waals surface area contributed by atoms with Gasteiger partial charge in [0.1, 0.15) is 0 Å². The number of benzene rings is 5. The largest absolute Gasteiger partial charge is 0.398 e. The van der Waals surface area contributed by atoms with Gasteiger partial charge in [-0.2, -0.15) is 15.8 Å². The Morgan fingerprint density at radius 2 is 0.471 bits per heavy atom. The molecule has 346 valence electrons. The summed E-state index contributed by atoms with van der Waals surface area (Å²) < 4.78 is 0. The third-order valence-corrected chi connectivity index (χ3v) is 12.6. The molecule has 5 nitrogen and oxygen atoms in total. The van der Waals surface area contributed by atoms with Crippen molar-refractivity contribution < 1.29 is 0 Å². The van der Waals surface area contributed by atoms with E-state index in [9.17, 15) is 15.8 Å². The van der Waals surface area contributed by atoms with Crippen LogP contribution in [0.4, 0.5) is 0 Å². The first kappa shape index (κ1) is 50.3. The van der Waals surface area contributed by atoms with Crippen molar-refractivity contribution in [2.45, 2.75) is 131 Å². The maximum Gasteiger partial charge on any atom is 0.0998 e. The number of fused-ring (bicyclic) bond motifs is 10. The molecule has 5 aromatic rings. The zero-order chi connectivity index (χ0) is 50.3. The zero-order valence-electron chi connectivity index (χ0n) is 43.0. The molecule has 0 atom stereocenters. The van der Waals surface area contributed by atoms with Crippen molar-refractivity contribution in [1.82, 2.24) is 0 Å². The molecule has 0 aromatic heterocycles. The van der Waals surface area contributed by atoms with Gasteiger partial charge in [-0.25, -0.2) is 0 Å². The predicted molar refractivity (Wildman–Crippen MR) is 290 cm³/mol. The van der Waals surface area contributed by atoms with E-state index in [2.05, 4.69) is 183 Å². The van der Waals surface area contributed by atoms with Crippen LogP contribution in [0.5, 0.6) is 0 Å². The van der Waals surface area contributed by atoms with Crippen LogP contribution in [0.1, 0.15) is 187 Å². The van der Waals surface area contributed by atoms with E-state index in [1.807, 2.05) is 60.7 Å². The lowest BCUT2D eigenvalue weighted by atomic mass is 9.82. The van der Waals surface area contributed by atoms with Gasteiger partial charge >= 0.3 is 0 Å². The third-order valence-electron chi connectivity index (χ3n) is 12.6. The summed E-state index contributed by atoms with van der Waals surface area (Å²) in [7, 11) is 0. The molecular formula is C63H69N5. The van der Waals surface area contributed by atoms with E-state index in [4.69, 9.17) is 11.5 Å². The summed E-state index contributed by atoms with van der Waals surface area (Å²) in [5.74, 6) is 0. The highest BCUT2D eigenvalue weighted by Gasteiger charge is 2.23. The minimum atomic E-state index is -0.258. The average molecular weight is 896 g/mol. The van der Waals surface area contributed by atoms with Gasteiger partial charge in [0.25, 0.3) is 0 Å². The van der Waals surface area contributed by atoms with E-state index < -0.39 is 0 Å². The molecule has 5 heteroatoms. The maximum atomic E-state index is 10.9. The summed E-state index contributed by atoms with van der Waals surface area (Å²) in [4.78, 5) is 0. The smallest absolute Gasteiger partial charge is 0.0998 e. The monoisotopic (exact) mass is 896 g/mol. The molecule has 0 saturated heterocycles. The van der Waals surface area contributed by atoms with E-state index in [0.717, 1.165) is 83.5 Å². The number of nitrogens with zero attached hydrogens (tertiary/aromatic N) is 3. The number of allylic oxidation sites excluding steroid dienone is 3. The Labute approximate surface area is 407 Å². The van der Waals surface area contributed by atoms with Crippen molar-refractivity contribution >= 4 is 58.5 Å². The van der Waals surface area contributed by atoms with Crippen molar-refractivity contribution in [3.8, 4) is 18.2 Å². The lowest BCUT2D eigenvalue weighted by molar-refractivity contribution is 0.589. The van der Waals surface area contributed by atoms with Crippen molar-refractivity contribution in [2.75, 3.05) is 0 Å². The molecule has 5 aromatic carbocycles. The molecule has 4 N–H and O–H groups in total. The van der Waals surface area contributed by atoms with E-state index in [0.29, 0.717) is 28.1 Å². The zero-order valence-corrected chi connectivity index (χ0v) is 43.0. The van der Waals surface area contributed by atoms with Gasteiger partial charge in [-0.05, 0) is 202 Å². The van der Waals surface area contributed by atoms with Crippen LogP contribution in [-0.2, 0) is 27.1 Å². The first-order valence-electron chi connectivity index (χ1n) is 23.5. The topological polar surface area (TPSA) is 123 Å². The summed E-state index contributed by atoms with van der Waals surface area (Å²) in [5, 5.41) is 32.7. The Morgan fingerprint density at radius 1 is 0.279 bits per heavy atom. The number of rotatable bonds is 0. The fourth-order valence-corrected chi connectivity index (χ4v) is 8.21. The summed E-state index contributed by atoms with van der Waals surface area (Å²) in [6.45, 7) is 32.5. The van der Waals surface area contributed by atoms with E-state index in [1.54, 1.807) is 0 Å². The van der Waals surface area contributed by atoms with E-state index >= 15 is 0 Å². The van der Waals surface area contributed by atoms with Crippen LogP contribution < -0.4 is 11.5 Å². The highest BCUT2D eigenvalue weighted by molar-refractivity contribution is 5.96. The second kappa shape index (κ2) is 18.5. The van der Waals surface area contributed by atoms with Crippen LogP contribution in [0.2, 0.25) is 0 Å². The fraction of sp³-hybridized carbons (Fsp3) is 0.317. The van der Waals surface area contributed by atoms with Gasteiger partial charge in [-0.3, -0.25) is 0 Å². The molecule has 0 unspecified atom stereocenters. The fourth-order valence-electron chi connectivity index (χ4n) is 8.21. The summed E-state index contributed by atoms with van der Waals surface area (Å²) in [5.41, 5.74) is 29.2. The van der Waals surface area contributed by atoms with Gasteiger partial charge in [-0.15, -0.1) is 0 Å². The second-order valence-corrected chi connectivity index (χ2v) is 23.7. The van der Waals surface area contributed by atoms with Gasteiger partial charge in [0.2, 0.25) is 0 Å². The summed E-state index contributed by atoms with van der Waals surface area (Å²) in [6.07, 6.45) is 9.78. The molecule has 0 aliphatic heterocycles. The van der Waals surface area contributed by atoms with Gasteiger partial charge in [0.15, 0.2) is 0 Å². The molecule has 0 fully saturated rings. The van der Waals surface area contributed by atoms with Gasteiger partial charge in [-0.1, -0.05) is 134 Å². The predicted octanol–water partition coefficient (Wildman–Crippen LogP) is 15.6. The molecule has 0 spiro atoms. The summed E-state index contributed by atoms with van der Waals surface area (Å²) in [6, 6.07) is 38.9. The van der Waals surface area contributed by atoms with Crippen molar-refractivity contribution in [2.24, 2.45) is 11.5 Å². The molecule has 1 aliphatic rings. The molecule has 6 rings (SSSR count). The van der Waals surface area contributed by atoms with Crippen LogP contribution in [0.25, 0.3) is 58.5 Å². The van der Waals surface area contributed by atoms with E-state index in [1.165, 1.54) is 0 Å². The first-order chi connectivity index (χ1) is 31.4. The number of hydrogen-bond donors (Lipinski definition) is 2. The van der Waals surface area contributed by atoms with Crippen LogP contribution in [0.3, 0.4) is 0 Å². The van der Waals surface area contributed by atoms with Crippen molar-refractivity contribution in [3.63, 3.8) is 0 Å². The molecule has 10 bridgehead atoms. The number of nitrogens with two attached hydrogens (primary N) is 2. The Morgan fingerprint density at radius 3 is 0.676 bits per heavy atom. The summed E-state index contributed by atoms with van der Waals surface area (Å²) >= 11 is 0. The van der Waals surface area contributed by atoms with Crippen LogP contribution in [0, 0.1) is 34.0 Å². The highest BCUT2D eigenvalue weighted by Crippen LogP contribution is 2.36. The normalized spacial score (nSPS) is 14.0. The minimum absolute atomic E-state index is 0.224. The Hall–Kier alpha value is -7.13. The maximum absolute atomic E-state index is 10.9. The van der Waals surface area contributed by atoms with Crippen LogP contribution >= 0.6 is 0 Å². The SMILES string of the molecule is CC(C)(C)c1cc2cc(c1)C(N)=Cc1cc(cc(C(C)(C)C)c1)C(C#N)=Cc1cc(cc(C(C)(C)C)c1)C(N)=Cc1cc(cc(C(C)(C)C)c1)C(C#N)=Cc1cc(cc(C(C)(C)C)c1)C(C#N)=C2. The Balaban J connectivity index is 1.77. The molecular weight excluding hydrogens is 827 g/mol. The minimum Gasteiger partial charge on any atom is -0.398 e. The molecule has 68 heavy (non-hydrogen) atoms.